The largest absolute Gasteiger partial charge is 0.468 e. The molecule has 5 rings (SSSR count). The molecular weight excluding hydrogens is 370 g/mol. The number of nitrogens with zero attached hydrogens (tertiary/aromatic N) is 9. The molecular formula is C19H15N9O. The summed E-state index contributed by atoms with van der Waals surface area (Å²) in [6, 6.07) is 11.7. The van der Waals surface area contributed by atoms with Crippen molar-refractivity contribution < 1.29 is 4.74 Å². The smallest absolute Gasteiger partial charge is 0.240 e. The van der Waals surface area contributed by atoms with Crippen molar-refractivity contribution in [3.63, 3.8) is 0 Å². The van der Waals surface area contributed by atoms with Gasteiger partial charge in [-0.3, -0.25) is 9.67 Å². The second-order valence-corrected chi connectivity index (χ2v) is 6.24. The van der Waals surface area contributed by atoms with E-state index < -0.39 is 0 Å². The average molecular weight is 385 g/mol. The Hall–Kier alpha value is -4.21. The van der Waals surface area contributed by atoms with Crippen LogP contribution in [0.3, 0.4) is 0 Å². The molecule has 0 saturated heterocycles. The van der Waals surface area contributed by atoms with Gasteiger partial charge in [-0.15, -0.1) is 15.3 Å². The fraction of sp³-hybridized carbons (Fsp3) is 0.105. The van der Waals surface area contributed by atoms with Crippen LogP contribution in [0.25, 0.3) is 28.3 Å². The molecule has 0 bridgehead atoms. The Balaban J connectivity index is 1.62. The van der Waals surface area contributed by atoms with Crippen LogP contribution >= 0.6 is 0 Å². The maximum Gasteiger partial charge on any atom is 0.240 e. The maximum absolute atomic E-state index is 6.00. The van der Waals surface area contributed by atoms with Gasteiger partial charge in [0, 0.05) is 25.0 Å². The monoisotopic (exact) mass is 385 g/mol. The highest BCUT2D eigenvalue weighted by atomic mass is 16.5. The number of hydrogen-bond donors (Lipinski definition) is 0. The summed E-state index contributed by atoms with van der Waals surface area (Å²) in [5, 5.41) is 17.4. The molecule has 0 spiro atoms. The van der Waals surface area contributed by atoms with Gasteiger partial charge in [-0.2, -0.15) is 9.61 Å². The first-order valence-corrected chi connectivity index (χ1v) is 8.83. The third-order valence-electron chi connectivity index (χ3n) is 4.22. The number of ether oxygens (including phenoxy) is 1. The lowest BCUT2D eigenvalue weighted by Gasteiger charge is -2.10. The highest BCUT2D eigenvalue weighted by molar-refractivity contribution is 5.72. The van der Waals surface area contributed by atoms with Crippen LogP contribution in [0.5, 0.6) is 5.88 Å². The van der Waals surface area contributed by atoms with Crippen molar-refractivity contribution >= 4 is 5.65 Å². The lowest BCUT2D eigenvalue weighted by Crippen LogP contribution is -2.05. The molecule has 0 aliphatic carbocycles. The Morgan fingerprint density at radius 1 is 1.00 bits per heavy atom. The SMILES string of the molecule is Cn1cnc(COc2nn3c(-c4cnccn4)nnc3cc2-c2ccccc2)n1. The molecule has 10 nitrogen and oxygen atoms in total. The molecule has 0 radical (unpaired) electrons. The molecule has 0 aliphatic rings. The summed E-state index contributed by atoms with van der Waals surface area (Å²) < 4.78 is 9.22. The van der Waals surface area contributed by atoms with Gasteiger partial charge in [0.05, 0.1) is 6.20 Å². The molecule has 142 valence electrons. The van der Waals surface area contributed by atoms with E-state index in [1.165, 1.54) is 0 Å². The number of aromatic nitrogens is 9. The number of aryl methyl sites for hydroxylation is 1. The lowest BCUT2D eigenvalue weighted by molar-refractivity contribution is 0.281. The minimum absolute atomic E-state index is 0.182. The molecule has 4 aromatic heterocycles. The van der Waals surface area contributed by atoms with Crippen molar-refractivity contribution in [2.45, 2.75) is 6.61 Å². The summed E-state index contributed by atoms with van der Waals surface area (Å²) >= 11 is 0. The van der Waals surface area contributed by atoms with E-state index in [2.05, 4.69) is 35.3 Å². The fourth-order valence-corrected chi connectivity index (χ4v) is 2.90. The molecule has 29 heavy (non-hydrogen) atoms. The summed E-state index contributed by atoms with van der Waals surface area (Å²) in [6.07, 6.45) is 6.43. The van der Waals surface area contributed by atoms with E-state index in [0.29, 0.717) is 28.9 Å². The lowest BCUT2D eigenvalue weighted by atomic mass is 10.1. The molecule has 1 aromatic carbocycles. The number of rotatable bonds is 5. The molecule has 0 N–H and O–H groups in total. The molecule has 0 saturated carbocycles. The summed E-state index contributed by atoms with van der Waals surface area (Å²) in [5.41, 5.74) is 2.90. The summed E-state index contributed by atoms with van der Waals surface area (Å²) in [6.45, 7) is 0.182. The summed E-state index contributed by atoms with van der Waals surface area (Å²) in [7, 11) is 1.81. The zero-order valence-electron chi connectivity index (χ0n) is 15.4. The predicted molar refractivity (Wildman–Crippen MR) is 103 cm³/mol. The number of benzene rings is 1. The van der Waals surface area contributed by atoms with Crippen molar-refractivity contribution in [2.75, 3.05) is 0 Å². The van der Waals surface area contributed by atoms with Gasteiger partial charge < -0.3 is 4.74 Å². The summed E-state index contributed by atoms with van der Waals surface area (Å²) in [5.74, 6) is 1.46. The molecule has 0 aliphatic heterocycles. The van der Waals surface area contributed by atoms with Gasteiger partial charge >= 0.3 is 0 Å². The van der Waals surface area contributed by atoms with Crippen LogP contribution in [0, 0.1) is 0 Å². The number of fused-ring (bicyclic) bond motifs is 1. The average Bonchev–Trinajstić information content (AvgIpc) is 3.38. The second-order valence-electron chi connectivity index (χ2n) is 6.24. The molecule has 0 amide bonds. The highest BCUT2D eigenvalue weighted by Crippen LogP contribution is 2.30. The third-order valence-corrected chi connectivity index (χ3v) is 4.22. The fourth-order valence-electron chi connectivity index (χ4n) is 2.90. The first kappa shape index (κ1) is 16.9. The van der Waals surface area contributed by atoms with Crippen molar-refractivity contribution in [3.8, 4) is 28.5 Å². The second kappa shape index (κ2) is 7.08. The van der Waals surface area contributed by atoms with Gasteiger partial charge in [0.15, 0.2) is 18.1 Å². The van der Waals surface area contributed by atoms with Gasteiger partial charge in [0.1, 0.15) is 12.0 Å². The van der Waals surface area contributed by atoms with Crippen molar-refractivity contribution in [3.05, 3.63) is 67.1 Å². The first-order valence-electron chi connectivity index (χ1n) is 8.83. The van der Waals surface area contributed by atoms with Gasteiger partial charge in [-0.25, -0.2) is 9.97 Å². The first-order chi connectivity index (χ1) is 14.3. The van der Waals surface area contributed by atoms with Crippen LogP contribution in [0.2, 0.25) is 0 Å². The Bertz CT molecular complexity index is 1270. The Morgan fingerprint density at radius 3 is 2.66 bits per heavy atom. The molecule has 10 heteroatoms. The molecule has 0 unspecified atom stereocenters. The van der Waals surface area contributed by atoms with E-state index in [-0.39, 0.29) is 6.61 Å². The Labute approximate surface area is 164 Å². The van der Waals surface area contributed by atoms with E-state index in [4.69, 9.17) is 4.74 Å². The van der Waals surface area contributed by atoms with Crippen molar-refractivity contribution in [1.82, 2.24) is 44.5 Å². The van der Waals surface area contributed by atoms with Gasteiger partial charge in [-0.1, -0.05) is 30.3 Å². The quantitative estimate of drug-likeness (QED) is 0.452. The van der Waals surface area contributed by atoms with E-state index in [9.17, 15) is 0 Å². The van der Waals surface area contributed by atoms with Gasteiger partial charge in [0.25, 0.3) is 0 Å². The molecule has 0 atom stereocenters. The van der Waals surface area contributed by atoms with Crippen LogP contribution in [-0.2, 0) is 13.7 Å². The minimum atomic E-state index is 0.182. The zero-order chi connectivity index (χ0) is 19.6. The predicted octanol–water partition coefficient (Wildman–Crippen LogP) is 1.96. The summed E-state index contributed by atoms with van der Waals surface area (Å²) in [4.78, 5) is 12.6. The Morgan fingerprint density at radius 2 is 1.90 bits per heavy atom. The third kappa shape index (κ3) is 3.27. The van der Waals surface area contributed by atoms with E-state index in [1.807, 2.05) is 36.4 Å². The van der Waals surface area contributed by atoms with Crippen LogP contribution in [0.4, 0.5) is 0 Å². The van der Waals surface area contributed by atoms with Gasteiger partial charge in [-0.05, 0) is 11.6 Å². The van der Waals surface area contributed by atoms with Crippen LogP contribution in [-0.4, -0.2) is 44.5 Å². The normalized spacial score (nSPS) is 11.1. The molecule has 5 aromatic rings. The van der Waals surface area contributed by atoms with Crippen LogP contribution < -0.4 is 4.74 Å². The minimum Gasteiger partial charge on any atom is -0.468 e. The van der Waals surface area contributed by atoms with Crippen molar-refractivity contribution in [1.29, 1.82) is 0 Å². The Kier molecular flexibility index (Phi) is 4.13. The highest BCUT2D eigenvalue weighted by Gasteiger charge is 2.17. The zero-order valence-corrected chi connectivity index (χ0v) is 15.4. The standard InChI is InChI=1S/C19H15N9O/c1-27-12-22-16(25-27)11-29-19-14(13-5-3-2-4-6-13)9-17-23-24-18(28(17)26-19)15-10-20-7-8-21-15/h2-10,12H,11H2,1H3. The van der Waals surface area contributed by atoms with Crippen LogP contribution in [0.15, 0.2) is 61.3 Å². The van der Waals surface area contributed by atoms with Crippen LogP contribution in [0.1, 0.15) is 5.82 Å². The molecule has 0 fully saturated rings. The van der Waals surface area contributed by atoms with Crippen molar-refractivity contribution in [2.24, 2.45) is 7.05 Å². The number of hydrogen-bond acceptors (Lipinski definition) is 8. The van der Waals surface area contributed by atoms with E-state index >= 15 is 0 Å². The van der Waals surface area contributed by atoms with Gasteiger partial charge in [0.2, 0.25) is 11.7 Å². The topological polar surface area (TPSA) is 109 Å². The maximum atomic E-state index is 6.00. The molecule has 4 heterocycles. The van der Waals surface area contributed by atoms with E-state index in [1.54, 1.807) is 41.2 Å². The van der Waals surface area contributed by atoms with E-state index in [0.717, 1.165) is 11.1 Å².